The standard InChI is InChI=1S/C19H22N4O3/c1-2-15-6-5-7-16(14-15)20-19(24)22-12-10-21(11-13-22)17-8-3-4-9-18(17)23(25)26/h3-9,14H,2,10-13H2,1H3,(H,20,24). The minimum atomic E-state index is -0.366. The Balaban J connectivity index is 1.61. The number of para-hydroxylation sites is 2. The number of nitrogens with zero attached hydrogens (tertiary/aromatic N) is 3. The van der Waals surface area contributed by atoms with Gasteiger partial charge in [-0.15, -0.1) is 0 Å². The molecule has 7 nitrogen and oxygen atoms in total. The van der Waals surface area contributed by atoms with Crippen LogP contribution in [0.5, 0.6) is 0 Å². The molecule has 0 bridgehead atoms. The van der Waals surface area contributed by atoms with Crippen molar-refractivity contribution >= 4 is 23.1 Å². The van der Waals surface area contributed by atoms with E-state index in [1.54, 1.807) is 23.1 Å². The van der Waals surface area contributed by atoms with Crippen LogP contribution in [0.2, 0.25) is 0 Å². The lowest BCUT2D eigenvalue weighted by Crippen LogP contribution is -2.50. The highest BCUT2D eigenvalue weighted by molar-refractivity contribution is 5.89. The van der Waals surface area contributed by atoms with Gasteiger partial charge >= 0.3 is 6.03 Å². The van der Waals surface area contributed by atoms with Crippen LogP contribution in [0, 0.1) is 10.1 Å². The van der Waals surface area contributed by atoms with Crippen LogP contribution in [-0.2, 0) is 6.42 Å². The molecule has 1 heterocycles. The fourth-order valence-electron chi connectivity index (χ4n) is 3.11. The number of nitro benzene ring substituents is 1. The van der Waals surface area contributed by atoms with Gasteiger partial charge in [-0.05, 0) is 30.2 Å². The first-order chi connectivity index (χ1) is 12.6. The molecule has 3 rings (SSSR count). The number of benzene rings is 2. The van der Waals surface area contributed by atoms with Crippen molar-refractivity contribution in [3.05, 3.63) is 64.2 Å². The van der Waals surface area contributed by atoms with E-state index in [0.29, 0.717) is 31.9 Å². The highest BCUT2D eigenvalue weighted by Gasteiger charge is 2.25. The Morgan fingerprint density at radius 2 is 1.85 bits per heavy atom. The molecule has 0 aliphatic carbocycles. The summed E-state index contributed by atoms with van der Waals surface area (Å²) in [4.78, 5) is 27.0. The third-order valence-corrected chi connectivity index (χ3v) is 4.57. The van der Waals surface area contributed by atoms with Gasteiger partial charge in [0.05, 0.1) is 4.92 Å². The smallest absolute Gasteiger partial charge is 0.321 e. The first-order valence-corrected chi connectivity index (χ1v) is 8.71. The van der Waals surface area contributed by atoms with Crippen LogP contribution < -0.4 is 10.2 Å². The van der Waals surface area contributed by atoms with Crippen LogP contribution in [0.4, 0.5) is 21.9 Å². The lowest BCUT2D eigenvalue weighted by Gasteiger charge is -2.35. The molecule has 7 heteroatoms. The predicted molar refractivity (Wildman–Crippen MR) is 102 cm³/mol. The van der Waals surface area contributed by atoms with Crippen LogP contribution >= 0.6 is 0 Å². The molecule has 0 saturated carbocycles. The van der Waals surface area contributed by atoms with Crippen molar-refractivity contribution in [3.8, 4) is 0 Å². The van der Waals surface area contributed by atoms with Crippen molar-refractivity contribution in [3.63, 3.8) is 0 Å². The van der Waals surface area contributed by atoms with Gasteiger partial charge in [0.1, 0.15) is 5.69 Å². The van der Waals surface area contributed by atoms with E-state index in [4.69, 9.17) is 0 Å². The molecule has 26 heavy (non-hydrogen) atoms. The lowest BCUT2D eigenvalue weighted by molar-refractivity contribution is -0.384. The van der Waals surface area contributed by atoms with Crippen LogP contribution in [0.15, 0.2) is 48.5 Å². The summed E-state index contributed by atoms with van der Waals surface area (Å²) in [6, 6.07) is 14.4. The third-order valence-electron chi connectivity index (χ3n) is 4.57. The zero-order valence-electron chi connectivity index (χ0n) is 14.7. The van der Waals surface area contributed by atoms with E-state index in [2.05, 4.69) is 12.2 Å². The molecule has 1 fully saturated rings. The predicted octanol–water partition coefficient (Wildman–Crippen LogP) is 3.51. The number of piperazine rings is 1. The van der Waals surface area contributed by atoms with Crippen molar-refractivity contribution < 1.29 is 9.72 Å². The maximum absolute atomic E-state index is 12.5. The summed E-state index contributed by atoms with van der Waals surface area (Å²) in [6.45, 7) is 4.24. The number of amides is 2. The molecule has 1 N–H and O–H groups in total. The second-order valence-electron chi connectivity index (χ2n) is 6.20. The van der Waals surface area contributed by atoms with Gasteiger partial charge < -0.3 is 15.1 Å². The summed E-state index contributed by atoms with van der Waals surface area (Å²) in [5, 5.41) is 14.1. The number of urea groups is 1. The molecule has 1 saturated heterocycles. The number of anilines is 2. The average Bonchev–Trinajstić information content (AvgIpc) is 2.68. The number of carbonyl (C=O) groups is 1. The summed E-state index contributed by atoms with van der Waals surface area (Å²) in [7, 11) is 0. The number of rotatable bonds is 4. The topological polar surface area (TPSA) is 78.7 Å². The molecular formula is C19H22N4O3. The first-order valence-electron chi connectivity index (χ1n) is 8.71. The van der Waals surface area contributed by atoms with Crippen molar-refractivity contribution in [2.24, 2.45) is 0 Å². The Bertz CT molecular complexity index is 801. The molecule has 2 aromatic carbocycles. The normalized spacial score (nSPS) is 14.2. The molecule has 2 aromatic rings. The highest BCUT2D eigenvalue weighted by Crippen LogP contribution is 2.28. The average molecular weight is 354 g/mol. The zero-order valence-corrected chi connectivity index (χ0v) is 14.7. The van der Waals surface area contributed by atoms with E-state index in [1.807, 2.05) is 29.2 Å². The van der Waals surface area contributed by atoms with Crippen LogP contribution in [-0.4, -0.2) is 42.0 Å². The Kier molecular flexibility index (Phi) is 5.36. The Hall–Kier alpha value is -3.09. The van der Waals surface area contributed by atoms with E-state index in [9.17, 15) is 14.9 Å². The molecule has 2 amide bonds. The van der Waals surface area contributed by atoms with Gasteiger partial charge in [0, 0.05) is 37.9 Å². The fraction of sp³-hybridized carbons (Fsp3) is 0.316. The van der Waals surface area contributed by atoms with Crippen molar-refractivity contribution in [2.75, 3.05) is 36.4 Å². The van der Waals surface area contributed by atoms with Gasteiger partial charge in [-0.3, -0.25) is 10.1 Å². The van der Waals surface area contributed by atoms with Crippen LogP contribution in [0.25, 0.3) is 0 Å². The SMILES string of the molecule is CCc1cccc(NC(=O)N2CCN(c3ccccc3[N+](=O)[O-])CC2)c1. The van der Waals surface area contributed by atoms with Gasteiger partial charge in [0.2, 0.25) is 0 Å². The molecule has 0 unspecified atom stereocenters. The number of carbonyl (C=O) groups excluding carboxylic acids is 1. The van der Waals surface area contributed by atoms with Crippen molar-refractivity contribution in [2.45, 2.75) is 13.3 Å². The third kappa shape index (κ3) is 3.93. The van der Waals surface area contributed by atoms with Gasteiger partial charge in [0.15, 0.2) is 0 Å². The molecule has 0 spiro atoms. The van der Waals surface area contributed by atoms with Gasteiger partial charge in [-0.25, -0.2) is 4.79 Å². The molecular weight excluding hydrogens is 332 g/mol. The second kappa shape index (κ2) is 7.86. The van der Waals surface area contributed by atoms with Crippen molar-refractivity contribution in [1.82, 2.24) is 4.90 Å². The highest BCUT2D eigenvalue weighted by atomic mass is 16.6. The molecule has 1 aliphatic rings. The molecule has 0 atom stereocenters. The number of hydrogen-bond acceptors (Lipinski definition) is 4. The number of nitro groups is 1. The fourth-order valence-corrected chi connectivity index (χ4v) is 3.11. The van der Waals surface area contributed by atoms with E-state index in [1.165, 1.54) is 11.6 Å². The van der Waals surface area contributed by atoms with Crippen LogP contribution in [0.1, 0.15) is 12.5 Å². The maximum atomic E-state index is 12.5. The van der Waals surface area contributed by atoms with E-state index in [0.717, 1.165) is 12.1 Å². The minimum absolute atomic E-state index is 0.0989. The summed E-state index contributed by atoms with van der Waals surface area (Å²) in [5.41, 5.74) is 2.66. The van der Waals surface area contributed by atoms with E-state index in [-0.39, 0.29) is 16.6 Å². The molecule has 136 valence electrons. The summed E-state index contributed by atoms with van der Waals surface area (Å²) in [5.74, 6) is 0. The zero-order chi connectivity index (χ0) is 18.5. The quantitative estimate of drug-likeness (QED) is 0.673. The molecule has 0 radical (unpaired) electrons. The second-order valence-corrected chi connectivity index (χ2v) is 6.20. The number of aryl methyl sites for hydroxylation is 1. The van der Waals surface area contributed by atoms with Gasteiger partial charge in [-0.2, -0.15) is 0 Å². The summed E-state index contributed by atoms with van der Waals surface area (Å²) in [6.07, 6.45) is 0.915. The lowest BCUT2D eigenvalue weighted by atomic mass is 10.1. The molecule has 0 aromatic heterocycles. The maximum Gasteiger partial charge on any atom is 0.321 e. The van der Waals surface area contributed by atoms with E-state index >= 15 is 0 Å². The largest absolute Gasteiger partial charge is 0.362 e. The summed E-state index contributed by atoms with van der Waals surface area (Å²) >= 11 is 0. The first kappa shape index (κ1) is 17.7. The van der Waals surface area contributed by atoms with Gasteiger partial charge in [0.25, 0.3) is 5.69 Å². The van der Waals surface area contributed by atoms with E-state index < -0.39 is 0 Å². The Morgan fingerprint density at radius 3 is 2.54 bits per heavy atom. The van der Waals surface area contributed by atoms with Crippen molar-refractivity contribution in [1.29, 1.82) is 0 Å². The number of nitrogens with one attached hydrogen (secondary N) is 1. The Morgan fingerprint density at radius 1 is 1.12 bits per heavy atom. The number of hydrogen-bond donors (Lipinski definition) is 1. The Labute approximate surface area is 152 Å². The minimum Gasteiger partial charge on any atom is -0.362 e. The molecule has 1 aliphatic heterocycles. The van der Waals surface area contributed by atoms with Gasteiger partial charge in [-0.1, -0.05) is 31.2 Å². The summed E-state index contributed by atoms with van der Waals surface area (Å²) < 4.78 is 0. The monoisotopic (exact) mass is 354 g/mol. The van der Waals surface area contributed by atoms with Crippen LogP contribution in [0.3, 0.4) is 0 Å².